The molecule has 0 heterocycles. The van der Waals surface area contributed by atoms with Gasteiger partial charge in [-0.15, -0.1) is 0 Å². The van der Waals surface area contributed by atoms with Crippen LogP contribution in [0.2, 0.25) is 0 Å². The number of nitro benzene ring substituents is 1. The molecule has 1 aromatic carbocycles. The van der Waals surface area contributed by atoms with Crippen molar-refractivity contribution in [3.05, 3.63) is 33.9 Å². The number of hydrogen-bond acceptors (Lipinski definition) is 5. The van der Waals surface area contributed by atoms with Crippen molar-refractivity contribution in [1.29, 1.82) is 0 Å². The van der Waals surface area contributed by atoms with E-state index >= 15 is 0 Å². The molecule has 0 saturated carbocycles. The SMILES string of the molecule is CC(C)OCCCCNc1ccc(C=O)cc1[N+](=O)[O-]. The highest BCUT2D eigenvalue weighted by molar-refractivity contribution is 5.79. The predicted molar refractivity (Wildman–Crippen MR) is 77.3 cm³/mol. The largest absolute Gasteiger partial charge is 0.379 e. The van der Waals surface area contributed by atoms with Crippen LogP contribution in [0.4, 0.5) is 11.4 Å². The number of unbranched alkanes of at least 4 members (excludes halogenated alkanes) is 1. The first-order chi connectivity index (χ1) is 9.54. The molecular formula is C14H20N2O4. The molecule has 0 fully saturated rings. The Kier molecular flexibility index (Phi) is 6.66. The first kappa shape index (κ1) is 16.1. The number of nitrogens with one attached hydrogen (secondary N) is 1. The number of nitrogens with zero attached hydrogens (tertiary/aromatic N) is 1. The van der Waals surface area contributed by atoms with Crippen molar-refractivity contribution in [3.63, 3.8) is 0 Å². The average molecular weight is 280 g/mol. The van der Waals surface area contributed by atoms with E-state index in [1.165, 1.54) is 6.07 Å². The average Bonchev–Trinajstić information content (AvgIpc) is 2.42. The Hall–Kier alpha value is -1.95. The minimum absolute atomic E-state index is 0.0759. The predicted octanol–water partition coefficient (Wildman–Crippen LogP) is 3.02. The second-order valence-electron chi connectivity index (χ2n) is 4.70. The zero-order valence-corrected chi connectivity index (χ0v) is 11.8. The van der Waals surface area contributed by atoms with Crippen molar-refractivity contribution < 1.29 is 14.5 Å². The Morgan fingerprint density at radius 3 is 2.75 bits per heavy atom. The minimum atomic E-state index is -0.489. The second-order valence-corrected chi connectivity index (χ2v) is 4.70. The van der Waals surface area contributed by atoms with Gasteiger partial charge in [0.25, 0.3) is 5.69 Å². The molecule has 0 aliphatic rings. The first-order valence-corrected chi connectivity index (χ1v) is 6.63. The number of nitro groups is 1. The van der Waals surface area contributed by atoms with Gasteiger partial charge in [-0.3, -0.25) is 14.9 Å². The summed E-state index contributed by atoms with van der Waals surface area (Å²) in [5.74, 6) is 0. The smallest absolute Gasteiger partial charge is 0.293 e. The third-order valence-corrected chi connectivity index (χ3v) is 2.69. The molecule has 6 heteroatoms. The van der Waals surface area contributed by atoms with Crippen LogP contribution in [0.3, 0.4) is 0 Å². The Morgan fingerprint density at radius 2 is 2.15 bits per heavy atom. The van der Waals surface area contributed by atoms with Gasteiger partial charge in [0.05, 0.1) is 11.0 Å². The maximum Gasteiger partial charge on any atom is 0.293 e. The molecule has 1 N–H and O–H groups in total. The summed E-state index contributed by atoms with van der Waals surface area (Å²) in [4.78, 5) is 21.1. The fourth-order valence-corrected chi connectivity index (χ4v) is 1.69. The molecule has 0 aliphatic heterocycles. The Balaban J connectivity index is 2.47. The van der Waals surface area contributed by atoms with Gasteiger partial charge < -0.3 is 10.1 Å². The fourth-order valence-electron chi connectivity index (χ4n) is 1.69. The van der Waals surface area contributed by atoms with Gasteiger partial charge in [-0.25, -0.2) is 0 Å². The highest BCUT2D eigenvalue weighted by atomic mass is 16.6. The number of ether oxygens (including phenoxy) is 1. The van der Waals surface area contributed by atoms with E-state index in [1.807, 2.05) is 13.8 Å². The Bertz CT molecular complexity index is 460. The fraction of sp³-hybridized carbons (Fsp3) is 0.500. The lowest BCUT2D eigenvalue weighted by Crippen LogP contribution is -2.08. The van der Waals surface area contributed by atoms with Crippen LogP contribution in [0.5, 0.6) is 0 Å². The van der Waals surface area contributed by atoms with Gasteiger partial charge in [0.15, 0.2) is 0 Å². The molecule has 20 heavy (non-hydrogen) atoms. The normalized spacial score (nSPS) is 10.6. The van der Waals surface area contributed by atoms with Gasteiger partial charge in [0.1, 0.15) is 12.0 Å². The summed E-state index contributed by atoms with van der Waals surface area (Å²) < 4.78 is 5.41. The van der Waals surface area contributed by atoms with Crippen LogP contribution < -0.4 is 5.32 Å². The number of carbonyl (C=O) groups is 1. The van der Waals surface area contributed by atoms with Gasteiger partial charge in [-0.05, 0) is 38.8 Å². The zero-order chi connectivity index (χ0) is 15.0. The first-order valence-electron chi connectivity index (χ1n) is 6.63. The molecule has 0 spiro atoms. The molecule has 0 saturated heterocycles. The summed E-state index contributed by atoms with van der Waals surface area (Å²) in [6.45, 7) is 5.28. The van der Waals surface area contributed by atoms with Crippen LogP contribution in [0.25, 0.3) is 0 Å². The van der Waals surface area contributed by atoms with Gasteiger partial charge in [-0.2, -0.15) is 0 Å². The lowest BCUT2D eigenvalue weighted by Gasteiger charge is -2.09. The summed E-state index contributed by atoms with van der Waals surface area (Å²) >= 11 is 0. The van der Waals surface area contributed by atoms with Crippen molar-refractivity contribution in [2.75, 3.05) is 18.5 Å². The molecular weight excluding hydrogens is 260 g/mol. The maximum atomic E-state index is 10.9. The van der Waals surface area contributed by atoms with Crippen LogP contribution >= 0.6 is 0 Å². The van der Waals surface area contributed by atoms with E-state index in [4.69, 9.17) is 4.74 Å². The molecule has 0 amide bonds. The third-order valence-electron chi connectivity index (χ3n) is 2.69. The standard InChI is InChI=1S/C14H20N2O4/c1-11(2)20-8-4-3-7-15-13-6-5-12(10-17)9-14(13)16(18)19/h5-6,9-11,15H,3-4,7-8H2,1-2H3. The van der Waals surface area contributed by atoms with E-state index in [-0.39, 0.29) is 11.8 Å². The lowest BCUT2D eigenvalue weighted by molar-refractivity contribution is -0.384. The number of aldehydes is 1. The van der Waals surface area contributed by atoms with E-state index in [0.29, 0.717) is 30.7 Å². The summed E-state index contributed by atoms with van der Waals surface area (Å²) in [7, 11) is 0. The summed E-state index contributed by atoms with van der Waals surface area (Å²) in [5, 5.41) is 14.0. The summed E-state index contributed by atoms with van der Waals surface area (Å²) in [5.41, 5.74) is 0.658. The van der Waals surface area contributed by atoms with E-state index in [2.05, 4.69) is 5.32 Å². The highest BCUT2D eigenvalue weighted by Crippen LogP contribution is 2.24. The van der Waals surface area contributed by atoms with Crippen molar-refractivity contribution in [2.45, 2.75) is 32.8 Å². The number of rotatable bonds is 9. The molecule has 6 nitrogen and oxygen atoms in total. The minimum Gasteiger partial charge on any atom is -0.379 e. The number of hydrogen-bond donors (Lipinski definition) is 1. The van der Waals surface area contributed by atoms with E-state index in [1.54, 1.807) is 12.1 Å². The van der Waals surface area contributed by atoms with Crippen molar-refractivity contribution in [1.82, 2.24) is 0 Å². The molecule has 0 aliphatic carbocycles. The third kappa shape index (κ3) is 5.36. The quantitative estimate of drug-likeness (QED) is 0.325. The number of carbonyl (C=O) groups excluding carboxylic acids is 1. The maximum absolute atomic E-state index is 10.9. The van der Waals surface area contributed by atoms with Crippen LogP contribution in [0, 0.1) is 10.1 Å². The topological polar surface area (TPSA) is 81.5 Å². The molecule has 0 radical (unpaired) electrons. The molecule has 0 aromatic heterocycles. The van der Waals surface area contributed by atoms with E-state index < -0.39 is 4.92 Å². The highest BCUT2D eigenvalue weighted by Gasteiger charge is 2.13. The molecule has 0 bridgehead atoms. The van der Waals surface area contributed by atoms with Crippen LogP contribution in [0.1, 0.15) is 37.0 Å². The molecule has 0 unspecified atom stereocenters. The Labute approximate surface area is 118 Å². The molecule has 0 atom stereocenters. The lowest BCUT2D eigenvalue weighted by atomic mass is 10.2. The van der Waals surface area contributed by atoms with Crippen LogP contribution in [-0.4, -0.2) is 30.5 Å². The van der Waals surface area contributed by atoms with E-state index in [9.17, 15) is 14.9 Å². The number of benzene rings is 1. The second kappa shape index (κ2) is 8.27. The van der Waals surface area contributed by atoms with Crippen LogP contribution in [0.15, 0.2) is 18.2 Å². The summed E-state index contributed by atoms with van der Waals surface area (Å²) in [6.07, 6.45) is 2.57. The Morgan fingerprint density at radius 1 is 1.40 bits per heavy atom. The van der Waals surface area contributed by atoms with Gasteiger partial charge in [0.2, 0.25) is 0 Å². The van der Waals surface area contributed by atoms with Gasteiger partial charge in [0, 0.05) is 24.8 Å². The number of anilines is 1. The van der Waals surface area contributed by atoms with Gasteiger partial charge >= 0.3 is 0 Å². The van der Waals surface area contributed by atoms with Crippen molar-refractivity contribution >= 4 is 17.7 Å². The van der Waals surface area contributed by atoms with Crippen molar-refractivity contribution in [3.8, 4) is 0 Å². The molecule has 110 valence electrons. The molecule has 1 aromatic rings. The van der Waals surface area contributed by atoms with Crippen molar-refractivity contribution in [2.24, 2.45) is 0 Å². The summed E-state index contributed by atoms with van der Waals surface area (Å²) in [6, 6.07) is 4.40. The monoisotopic (exact) mass is 280 g/mol. The molecule has 1 rings (SSSR count). The van der Waals surface area contributed by atoms with E-state index in [0.717, 1.165) is 12.8 Å². The van der Waals surface area contributed by atoms with Gasteiger partial charge in [-0.1, -0.05) is 0 Å². The van der Waals surface area contributed by atoms with Crippen LogP contribution in [-0.2, 0) is 4.74 Å². The zero-order valence-electron chi connectivity index (χ0n) is 11.8.